The van der Waals surface area contributed by atoms with Crippen molar-refractivity contribution in [1.82, 2.24) is 15.1 Å². The lowest BCUT2D eigenvalue weighted by Crippen LogP contribution is -2.28. The monoisotopic (exact) mass is 210 g/mol. The number of anilines is 1. The normalized spacial score (nSPS) is 10.3. The number of amides is 1. The minimum absolute atomic E-state index is 0.0223. The van der Waals surface area contributed by atoms with Crippen LogP contribution in [0.1, 0.15) is 25.5 Å². The SMILES string of the molecule is CCCCNC(=O)Cn1cc(N)c(C)n1. The Balaban J connectivity index is 2.37. The maximum Gasteiger partial charge on any atom is 0.241 e. The molecule has 0 radical (unpaired) electrons. The summed E-state index contributed by atoms with van der Waals surface area (Å²) in [4.78, 5) is 11.4. The van der Waals surface area contributed by atoms with Crippen molar-refractivity contribution < 1.29 is 4.79 Å². The first kappa shape index (κ1) is 11.6. The van der Waals surface area contributed by atoms with E-state index in [0.29, 0.717) is 5.69 Å². The summed E-state index contributed by atoms with van der Waals surface area (Å²) in [6.07, 6.45) is 3.76. The molecule has 3 N–H and O–H groups in total. The van der Waals surface area contributed by atoms with Crippen LogP contribution < -0.4 is 11.1 Å². The van der Waals surface area contributed by atoms with E-state index in [9.17, 15) is 4.79 Å². The standard InChI is InChI=1S/C10H18N4O/c1-3-4-5-12-10(15)7-14-6-9(11)8(2)13-14/h6H,3-5,7,11H2,1-2H3,(H,12,15). The van der Waals surface area contributed by atoms with Gasteiger partial charge < -0.3 is 11.1 Å². The second-order valence-electron chi connectivity index (χ2n) is 3.57. The molecule has 84 valence electrons. The van der Waals surface area contributed by atoms with Gasteiger partial charge >= 0.3 is 0 Å². The number of nitrogens with two attached hydrogens (primary N) is 1. The number of unbranched alkanes of at least 4 members (excludes halogenated alkanes) is 1. The molecule has 5 heteroatoms. The van der Waals surface area contributed by atoms with Crippen molar-refractivity contribution in [1.29, 1.82) is 0 Å². The fourth-order valence-electron chi connectivity index (χ4n) is 1.22. The summed E-state index contributed by atoms with van der Waals surface area (Å²) < 4.78 is 1.56. The topological polar surface area (TPSA) is 72.9 Å². The van der Waals surface area contributed by atoms with Gasteiger partial charge in [0.05, 0.1) is 11.4 Å². The Morgan fingerprint density at radius 3 is 2.93 bits per heavy atom. The van der Waals surface area contributed by atoms with E-state index < -0.39 is 0 Å². The summed E-state index contributed by atoms with van der Waals surface area (Å²) in [6, 6.07) is 0. The number of rotatable bonds is 5. The first-order valence-corrected chi connectivity index (χ1v) is 5.19. The molecule has 1 amide bonds. The minimum atomic E-state index is -0.0223. The van der Waals surface area contributed by atoms with Crippen LogP contribution in [0, 0.1) is 6.92 Å². The predicted molar refractivity (Wildman–Crippen MR) is 59.3 cm³/mol. The highest BCUT2D eigenvalue weighted by Crippen LogP contribution is 2.05. The van der Waals surface area contributed by atoms with Crippen LogP contribution >= 0.6 is 0 Å². The largest absolute Gasteiger partial charge is 0.396 e. The Morgan fingerprint density at radius 2 is 2.40 bits per heavy atom. The van der Waals surface area contributed by atoms with E-state index in [2.05, 4.69) is 17.3 Å². The summed E-state index contributed by atoms with van der Waals surface area (Å²) in [5, 5.41) is 6.93. The maximum absolute atomic E-state index is 11.4. The van der Waals surface area contributed by atoms with Gasteiger partial charge in [0.15, 0.2) is 0 Å². The molecule has 15 heavy (non-hydrogen) atoms. The van der Waals surface area contributed by atoms with Crippen LogP contribution in [-0.2, 0) is 11.3 Å². The molecule has 0 saturated heterocycles. The molecule has 0 fully saturated rings. The van der Waals surface area contributed by atoms with Gasteiger partial charge in [0, 0.05) is 12.7 Å². The van der Waals surface area contributed by atoms with E-state index in [0.717, 1.165) is 25.1 Å². The van der Waals surface area contributed by atoms with Crippen LogP contribution in [0.2, 0.25) is 0 Å². The summed E-state index contributed by atoms with van der Waals surface area (Å²) >= 11 is 0. The number of aryl methyl sites for hydroxylation is 1. The van der Waals surface area contributed by atoms with Gasteiger partial charge in [0.1, 0.15) is 6.54 Å². The smallest absolute Gasteiger partial charge is 0.241 e. The van der Waals surface area contributed by atoms with Crippen LogP contribution in [0.4, 0.5) is 5.69 Å². The number of hydrogen-bond donors (Lipinski definition) is 2. The van der Waals surface area contributed by atoms with Crippen molar-refractivity contribution in [3.05, 3.63) is 11.9 Å². The van der Waals surface area contributed by atoms with Gasteiger partial charge in [0.2, 0.25) is 5.91 Å². The van der Waals surface area contributed by atoms with Crippen LogP contribution in [0.5, 0.6) is 0 Å². The number of carbonyl (C=O) groups is 1. The zero-order valence-corrected chi connectivity index (χ0v) is 9.29. The third-order valence-electron chi connectivity index (χ3n) is 2.14. The molecule has 1 heterocycles. The fourth-order valence-corrected chi connectivity index (χ4v) is 1.22. The lowest BCUT2D eigenvalue weighted by Gasteiger charge is -2.03. The van der Waals surface area contributed by atoms with Gasteiger partial charge in [-0.15, -0.1) is 0 Å². The molecule has 0 aliphatic carbocycles. The Kier molecular flexibility index (Phi) is 4.15. The van der Waals surface area contributed by atoms with E-state index in [-0.39, 0.29) is 12.5 Å². The van der Waals surface area contributed by atoms with E-state index in [1.807, 2.05) is 6.92 Å². The van der Waals surface area contributed by atoms with E-state index >= 15 is 0 Å². The minimum Gasteiger partial charge on any atom is -0.396 e. The zero-order valence-electron chi connectivity index (χ0n) is 9.29. The number of nitrogens with zero attached hydrogens (tertiary/aromatic N) is 2. The third kappa shape index (κ3) is 3.61. The molecule has 1 rings (SSSR count). The molecular weight excluding hydrogens is 192 g/mol. The molecule has 0 aliphatic heterocycles. The van der Waals surface area contributed by atoms with Crippen molar-refractivity contribution in [3.8, 4) is 0 Å². The molecule has 1 aromatic rings. The summed E-state index contributed by atoms with van der Waals surface area (Å²) in [7, 11) is 0. The summed E-state index contributed by atoms with van der Waals surface area (Å²) in [5.41, 5.74) is 7.01. The van der Waals surface area contributed by atoms with Crippen molar-refractivity contribution in [2.75, 3.05) is 12.3 Å². The third-order valence-corrected chi connectivity index (χ3v) is 2.14. The summed E-state index contributed by atoms with van der Waals surface area (Å²) in [6.45, 7) is 4.87. The van der Waals surface area contributed by atoms with Crippen molar-refractivity contribution in [2.24, 2.45) is 0 Å². The lowest BCUT2D eigenvalue weighted by atomic mass is 10.3. The molecule has 5 nitrogen and oxygen atoms in total. The zero-order chi connectivity index (χ0) is 11.3. The molecular formula is C10H18N4O. The molecule has 1 aromatic heterocycles. The number of nitrogens with one attached hydrogen (secondary N) is 1. The molecule has 0 aromatic carbocycles. The first-order valence-electron chi connectivity index (χ1n) is 5.19. The highest BCUT2D eigenvalue weighted by Gasteiger charge is 2.05. The van der Waals surface area contributed by atoms with Gasteiger partial charge in [-0.25, -0.2) is 0 Å². The van der Waals surface area contributed by atoms with Gasteiger partial charge in [-0.3, -0.25) is 9.48 Å². The van der Waals surface area contributed by atoms with Crippen LogP contribution in [0.25, 0.3) is 0 Å². The maximum atomic E-state index is 11.4. The first-order chi connectivity index (χ1) is 7.13. The molecule has 0 atom stereocenters. The van der Waals surface area contributed by atoms with Gasteiger partial charge in [0.25, 0.3) is 0 Å². The van der Waals surface area contributed by atoms with E-state index in [4.69, 9.17) is 5.73 Å². The molecule has 0 spiro atoms. The highest BCUT2D eigenvalue weighted by atomic mass is 16.2. The van der Waals surface area contributed by atoms with E-state index in [1.165, 1.54) is 0 Å². The van der Waals surface area contributed by atoms with Crippen molar-refractivity contribution >= 4 is 11.6 Å². The Labute approximate surface area is 89.6 Å². The van der Waals surface area contributed by atoms with Gasteiger partial charge in [-0.1, -0.05) is 13.3 Å². The number of carbonyl (C=O) groups excluding carboxylic acids is 1. The van der Waals surface area contributed by atoms with Crippen LogP contribution in [0.15, 0.2) is 6.20 Å². The Bertz CT molecular complexity index is 313. The van der Waals surface area contributed by atoms with E-state index in [1.54, 1.807) is 10.9 Å². The Morgan fingerprint density at radius 1 is 1.67 bits per heavy atom. The van der Waals surface area contributed by atoms with Crippen molar-refractivity contribution in [3.63, 3.8) is 0 Å². The fraction of sp³-hybridized carbons (Fsp3) is 0.600. The average molecular weight is 210 g/mol. The predicted octanol–water partition coefficient (Wildman–Crippen LogP) is 0.690. The number of hydrogen-bond acceptors (Lipinski definition) is 3. The second-order valence-corrected chi connectivity index (χ2v) is 3.57. The average Bonchev–Trinajstić information content (AvgIpc) is 2.46. The van der Waals surface area contributed by atoms with Crippen LogP contribution in [-0.4, -0.2) is 22.2 Å². The molecule has 0 bridgehead atoms. The molecule has 0 aliphatic rings. The lowest BCUT2D eigenvalue weighted by molar-refractivity contribution is -0.121. The summed E-state index contributed by atoms with van der Waals surface area (Å²) in [5.74, 6) is -0.0223. The van der Waals surface area contributed by atoms with Crippen LogP contribution in [0.3, 0.4) is 0 Å². The quantitative estimate of drug-likeness (QED) is 0.702. The van der Waals surface area contributed by atoms with Gasteiger partial charge in [-0.2, -0.15) is 5.10 Å². The number of nitrogen functional groups attached to an aromatic ring is 1. The van der Waals surface area contributed by atoms with Crippen molar-refractivity contribution in [2.45, 2.75) is 33.2 Å². The second kappa shape index (κ2) is 5.38. The Hall–Kier alpha value is -1.52. The molecule has 0 unspecified atom stereocenters. The number of aromatic nitrogens is 2. The highest BCUT2D eigenvalue weighted by molar-refractivity contribution is 5.75. The van der Waals surface area contributed by atoms with Gasteiger partial charge in [-0.05, 0) is 13.3 Å². The molecule has 0 saturated carbocycles.